The van der Waals surface area contributed by atoms with E-state index in [0.29, 0.717) is 11.9 Å². The molecule has 5 heteroatoms. The highest BCUT2D eigenvalue weighted by Crippen LogP contribution is 2.41. The molecule has 0 saturated heterocycles. The Balaban J connectivity index is 2.46. The summed E-state index contributed by atoms with van der Waals surface area (Å²) in [6.45, 7) is 0.393. The molecule has 1 aliphatic rings. The predicted octanol–water partition coefficient (Wildman–Crippen LogP) is 1.48. The number of ether oxygens (including phenoxy) is 1. The number of carbonyl (C=O) groups is 2. The van der Waals surface area contributed by atoms with Crippen molar-refractivity contribution in [1.82, 2.24) is 5.32 Å². The molecule has 0 aromatic carbocycles. The van der Waals surface area contributed by atoms with Crippen molar-refractivity contribution >= 4 is 27.8 Å². The van der Waals surface area contributed by atoms with E-state index >= 15 is 0 Å². The first kappa shape index (κ1) is 11.5. The molecule has 14 heavy (non-hydrogen) atoms. The van der Waals surface area contributed by atoms with Crippen LogP contribution >= 0.6 is 15.9 Å². The lowest BCUT2D eigenvalue weighted by Crippen LogP contribution is -2.48. The van der Waals surface area contributed by atoms with Gasteiger partial charge < -0.3 is 10.1 Å². The van der Waals surface area contributed by atoms with Crippen LogP contribution in [0.1, 0.15) is 19.3 Å². The second-order valence-corrected chi connectivity index (χ2v) is 4.10. The molecule has 1 aliphatic carbocycles. The maximum absolute atomic E-state index is 11.6. The number of carbonyl (C=O) groups excluding carboxylic acids is 2. The summed E-state index contributed by atoms with van der Waals surface area (Å²) in [4.78, 5) is 22.4. The minimum Gasteiger partial charge on any atom is -0.453 e. The molecular formula is C9H14BrNO3. The number of alkyl carbamates (subject to hydrolysis) is 1. The molecule has 0 aromatic heterocycles. The average molecular weight is 264 g/mol. The van der Waals surface area contributed by atoms with Crippen molar-refractivity contribution in [3.63, 3.8) is 0 Å². The lowest BCUT2D eigenvalue weighted by molar-refractivity contribution is -0.130. The summed E-state index contributed by atoms with van der Waals surface area (Å²) in [6.07, 6.45) is 2.31. The molecule has 0 atom stereocenters. The molecule has 0 unspecified atom stereocenters. The van der Waals surface area contributed by atoms with Gasteiger partial charge in [-0.3, -0.25) is 4.79 Å². The zero-order chi connectivity index (χ0) is 10.6. The Morgan fingerprint density at radius 3 is 2.50 bits per heavy atom. The van der Waals surface area contributed by atoms with Gasteiger partial charge in [0.1, 0.15) is 0 Å². The third kappa shape index (κ3) is 2.26. The number of methoxy groups -OCH3 is 1. The highest BCUT2D eigenvalue weighted by atomic mass is 79.9. The van der Waals surface area contributed by atoms with E-state index in [0.717, 1.165) is 19.3 Å². The van der Waals surface area contributed by atoms with Crippen LogP contribution in [0, 0.1) is 5.41 Å². The number of halogens is 1. The first-order chi connectivity index (χ1) is 6.64. The predicted molar refractivity (Wildman–Crippen MR) is 55.5 cm³/mol. The summed E-state index contributed by atoms with van der Waals surface area (Å²) in [5.74, 6) is 0.167. The monoisotopic (exact) mass is 263 g/mol. The quantitative estimate of drug-likeness (QED) is 0.782. The third-order valence-electron chi connectivity index (χ3n) is 2.78. The Morgan fingerprint density at radius 2 is 2.14 bits per heavy atom. The summed E-state index contributed by atoms with van der Waals surface area (Å²) in [5.41, 5.74) is -0.336. The van der Waals surface area contributed by atoms with Gasteiger partial charge >= 0.3 is 6.09 Å². The normalized spacial score (nSPS) is 18.1. The average Bonchev–Trinajstić information content (AvgIpc) is 2.15. The fourth-order valence-corrected chi connectivity index (χ4v) is 2.21. The van der Waals surface area contributed by atoms with Crippen LogP contribution in [0.4, 0.5) is 4.79 Å². The molecule has 0 aromatic rings. The standard InChI is InChI=1S/C9H14BrNO3/c1-14-8(13)11-6-9(3-2-4-9)7(12)5-10/h2-6H2,1H3,(H,11,13). The van der Waals surface area contributed by atoms with Crippen LogP contribution in [0.25, 0.3) is 0 Å². The van der Waals surface area contributed by atoms with Crippen LogP contribution in [0.5, 0.6) is 0 Å². The molecule has 4 nitrogen and oxygen atoms in total. The van der Waals surface area contributed by atoms with Gasteiger partial charge in [0.2, 0.25) is 0 Å². The Kier molecular flexibility index (Phi) is 3.92. The smallest absolute Gasteiger partial charge is 0.406 e. The van der Waals surface area contributed by atoms with Gasteiger partial charge in [-0.25, -0.2) is 4.79 Å². The minimum atomic E-state index is -0.473. The van der Waals surface area contributed by atoms with Crippen LogP contribution in [-0.4, -0.2) is 30.9 Å². The summed E-state index contributed by atoms with van der Waals surface area (Å²) in [7, 11) is 1.31. The van der Waals surface area contributed by atoms with Gasteiger partial charge in [-0.1, -0.05) is 22.4 Å². The fourth-order valence-electron chi connectivity index (χ4n) is 1.61. The van der Waals surface area contributed by atoms with Gasteiger partial charge in [0.05, 0.1) is 12.4 Å². The molecule has 1 amide bonds. The van der Waals surface area contributed by atoms with E-state index in [-0.39, 0.29) is 11.2 Å². The first-order valence-corrected chi connectivity index (χ1v) is 5.68. The molecule has 1 saturated carbocycles. The van der Waals surface area contributed by atoms with Crippen molar-refractivity contribution < 1.29 is 14.3 Å². The van der Waals surface area contributed by atoms with Gasteiger partial charge in [0.25, 0.3) is 0 Å². The number of hydrogen-bond acceptors (Lipinski definition) is 3. The zero-order valence-corrected chi connectivity index (χ0v) is 9.72. The van der Waals surface area contributed by atoms with Crippen LogP contribution in [0.2, 0.25) is 0 Å². The first-order valence-electron chi connectivity index (χ1n) is 4.56. The van der Waals surface area contributed by atoms with Crippen molar-refractivity contribution in [1.29, 1.82) is 0 Å². The largest absolute Gasteiger partial charge is 0.453 e. The number of rotatable bonds is 4. The van der Waals surface area contributed by atoms with Crippen molar-refractivity contribution in [2.24, 2.45) is 5.41 Å². The molecule has 0 spiro atoms. The molecule has 1 rings (SSSR count). The van der Waals surface area contributed by atoms with Crippen molar-refractivity contribution in [3.05, 3.63) is 0 Å². The van der Waals surface area contributed by atoms with E-state index in [1.807, 2.05) is 0 Å². The van der Waals surface area contributed by atoms with Gasteiger partial charge in [-0.15, -0.1) is 0 Å². The summed E-state index contributed by atoms with van der Waals surface area (Å²) in [6, 6.07) is 0. The van der Waals surface area contributed by atoms with Crippen LogP contribution in [0.3, 0.4) is 0 Å². The van der Waals surface area contributed by atoms with Gasteiger partial charge in [0, 0.05) is 12.0 Å². The lowest BCUT2D eigenvalue weighted by Gasteiger charge is -2.39. The molecule has 80 valence electrons. The number of amides is 1. The van der Waals surface area contributed by atoms with Crippen LogP contribution in [-0.2, 0) is 9.53 Å². The van der Waals surface area contributed by atoms with Crippen LogP contribution < -0.4 is 5.32 Å². The second kappa shape index (κ2) is 4.77. The Labute approximate surface area is 91.5 Å². The van der Waals surface area contributed by atoms with E-state index < -0.39 is 6.09 Å². The number of alkyl halides is 1. The van der Waals surface area contributed by atoms with Gasteiger partial charge in [-0.2, -0.15) is 0 Å². The molecule has 0 aliphatic heterocycles. The Morgan fingerprint density at radius 1 is 1.50 bits per heavy atom. The molecule has 1 N–H and O–H groups in total. The van der Waals surface area contributed by atoms with E-state index in [4.69, 9.17) is 0 Å². The van der Waals surface area contributed by atoms with Crippen molar-refractivity contribution in [2.75, 3.05) is 19.0 Å². The number of Topliss-reactive ketones (excluding diaryl/α,β-unsaturated/α-hetero) is 1. The van der Waals surface area contributed by atoms with Gasteiger partial charge in [0.15, 0.2) is 5.78 Å². The van der Waals surface area contributed by atoms with Crippen LogP contribution in [0.15, 0.2) is 0 Å². The fraction of sp³-hybridized carbons (Fsp3) is 0.778. The lowest BCUT2D eigenvalue weighted by atomic mass is 9.66. The molecular weight excluding hydrogens is 250 g/mol. The van der Waals surface area contributed by atoms with E-state index in [1.165, 1.54) is 7.11 Å². The molecule has 0 heterocycles. The maximum atomic E-state index is 11.6. The molecule has 0 radical (unpaired) electrons. The zero-order valence-electron chi connectivity index (χ0n) is 8.14. The second-order valence-electron chi connectivity index (χ2n) is 3.54. The summed E-state index contributed by atoms with van der Waals surface area (Å²) in [5, 5.41) is 2.94. The molecule has 1 fully saturated rings. The topological polar surface area (TPSA) is 55.4 Å². The maximum Gasteiger partial charge on any atom is 0.406 e. The van der Waals surface area contributed by atoms with Crippen molar-refractivity contribution in [3.8, 4) is 0 Å². The Bertz CT molecular complexity index is 238. The Hall–Kier alpha value is -0.580. The number of ketones is 1. The van der Waals surface area contributed by atoms with Crippen molar-refractivity contribution in [2.45, 2.75) is 19.3 Å². The van der Waals surface area contributed by atoms with E-state index in [1.54, 1.807) is 0 Å². The van der Waals surface area contributed by atoms with E-state index in [2.05, 4.69) is 26.0 Å². The highest BCUT2D eigenvalue weighted by molar-refractivity contribution is 9.09. The van der Waals surface area contributed by atoms with Gasteiger partial charge in [-0.05, 0) is 12.8 Å². The van der Waals surface area contributed by atoms with E-state index in [9.17, 15) is 9.59 Å². The summed E-state index contributed by atoms with van der Waals surface area (Å²) < 4.78 is 4.45. The molecule has 0 bridgehead atoms. The minimum absolute atomic E-state index is 0.167. The summed E-state index contributed by atoms with van der Waals surface area (Å²) >= 11 is 3.16. The third-order valence-corrected chi connectivity index (χ3v) is 3.29. The number of nitrogens with one attached hydrogen (secondary N) is 1. The highest BCUT2D eigenvalue weighted by Gasteiger charge is 2.43. The number of hydrogen-bond donors (Lipinski definition) is 1. The SMILES string of the molecule is COC(=O)NCC1(C(=O)CBr)CCC1.